The number of nitrogens with zero attached hydrogens (tertiary/aromatic N) is 2. The summed E-state index contributed by atoms with van der Waals surface area (Å²) in [5.41, 5.74) is 0.968. The summed E-state index contributed by atoms with van der Waals surface area (Å²) in [5, 5.41) is 2.87. The van der Waals surface area contributed by atoms with E-state index in [9.17, 15) is 22.4 Å². The van der Waals surface area contributed by atoms with E-state index < -0.39 is 34.3 Å². The molecule has 0 radical (unpaired) electrons. The highest BCUT2D eigenvalue weighted by molar-refractivity contribution is 7.92. The molecule has 1 N–H and O–H groups in total. The molecule has 2 amide bonds. The minimum Gasteiger partial charge on any atom is -0.352 e. The van der Waals surface area contributed by atoms with E-state index in [2.05, 4.69) is 5.32 Å². The summed E-state index contributed by atoms with van der Waals surface area (Å²) in [6.45, 7) is 5.04. The zero-order chi connectivity index (χ0) is 23.9. The van der Waals surface area contributed by atoms with E-state index in [1.165, 1.54) is 17.0 Å². The molecule has 2 atom stereocenters. The van der Waals surface area contributed by atoms with Gasteiger partial charge in [0.15, 0.2) is 0 Å². The Bertz CT molecular complexity index is 1010. The van der Waals surface area contributed by atoms with Crippen LogP contribution >= 0.6 is 0 Å². The number of hydrogen-bond acceptors (Lipinski definition) is 4. The number of rotatable bonds is 10. The van der Waals surface area contributed by atoms with Crippen molar-refractivity contribution in [3.63, 3.8) is 0 Å². The van der Waals surface area contributed by atoms with Gasteiger partial charge in [-0.3, -0.25) is 13.9 Å². The summed E-state index contributed by atoms with van der Waals surface area (Å²) in [7, 11) is -3.84. The maximum atomic E-state index is 13.3. The predicted molar refractivity (Wildman–Crippen MR) is 123 cm³/mol. The monoisotopic (exact) mass is 463 g/mol. The Kier molecular flexibility index (Phi) is 8.77. The van der Waals surface area contributed by atoms with Crippen LogP contribution in [0.2, 0.25) is 0 Å². The first-order valence-corrected chi connectivity index (χ1v) is 12.2. The van der Waals surface area contributed by atoms with Crippen molar-refractivity contribution in [1.82, 2.24) is 10.2 Å². The molecule has 0 fully saturated rings. The van der Waals surface area contributed by atoms with Crippen molar-refractivity contribution in [3.8, 4) is 0 Å². The average molecular weight is 464 g/mol. The number of nitrogens with one attached hydrogen (secondary N) is 1. The molecule has 0 spiro atoms. The van der Waals surface area contributed by atoms with Gasteiger partial charge in [-0.05, 0) is 50.1 Å². The van der Waals surface area contributed by atoms with Crippen LogP contribution in [0.4, 0.5) is 10.1 Å². The van der Waals surface area contributed by atoms with Gasteiger partial charge in [-0.25, -0.2) is 12.8 Å². The Morgan fingerprint density at radius 2 is 1.62 bits per heavy atom. The van der Waals surface area contributed by atoms with Crippen LogP contribution in [0.5, 0.6) is 0 Å². The molecule has 0 bridgehead atoms. The first kappa shape index (κ1) is 25.3. The van der Waals surface area contributed by atoms with Gasteiger partial charge >= 0.3 is 0 Å². The number of anilines is 1. The molecule has 0 aliphatic rings. The third-order valence-corrected chi connectivity index (χ3v) is 6.30. The molecule has 2 aromatic carbocycles. The molecule has 7 nitrogen and oxygen atoms in total. The molecule has 174 valence electrons. The van der Waals surface area contributed by atoms with Crippen LogP contribution in [0.25, 0.3) is 0 Å². The molecule has 2 rings (SSSR count). The van der Waals surface area contributed by atoms with Gasteiger partial charge in [-0.2, -0.15) is 0 Å². The number of benzene rings is 2. The van der Waals surface area contributed by atoms with E-state index in [1.807, 2.05) is 44.2 Å². The molecule has 0 unspecified atom stereocenters. The van der Waals surface area contributed by atoms with Crippen molar-refractivity contribution in [2.45, 2.75) is 45.8 Å². The van der Waals surface area contributed by atoms with Crippen LogP contribution in [-0.4, -0.2) is 50.0 Å². The van der Waals surface area contributed by atoms with Crippen molar-refractivity contribution in [3.05, 3.63) is 66.0 Å². The zero-order valence-corrected chi connectivity index (χ0v) is 19.6. The van der Waals surface area contributed by atoms with E-state index >= 15 is 0 Å². The van der Waals surface area contributed by atoms with Crippen LogP contribution in [0.1, 0.15) is 32.8 Å². The fraction of sp³-hybridized carbons (Fsp3) is 0.391. The molecular weight excluding hydrogens is 433 g/mol. The molecule has 2 aromatic rings. The van der Waals surface area contributed by atoms with Gasteiger partial charge < -0.3 is 10.2 Å². The Morgan fingerprint density at radius 1 is 1.03 bits per heavy atom. The van der Waals surface area contributed by atoms with Crippen LogP contribution in [0, 0.1) is 5.82 Å². The maximum absolute atomic E-state index is 13.3. The van der Waals surface area contributed by atoms with Crippen molar-refractivity contribution >= 4 is 27.5 Å². The Labute approximate surface area is 189 Å². The lowest BCUT2D eigenvalue weighted by Gasteiger charge is -2.32. The van der Waals surface area contributed by atoms with Crippen molar-refractivity contribution in [2.24, 2.45) is 0 Å². The smallest absolute Gasteiger partial charge is 0.244 e. The second-order valence-electron chi connectivity index (χ2n) is 7.75. The van der Waals surface area contributed by atoms with Gasteiger partial charge in [-0.1, -0.05) is 37.3 Å². The highest BCUT2D eigenvalue weighted by atomic mass is 32.2. The largest absolute Gasteiger partial charge is 0.352 e. The Morgan fingerprint density at radius 3 is 2.16 bits per heavy atom. The molecule has 0 aliphatic carbocycles. The van der Waals surface area contributed by atoms with Gasteiger partial charge in [-0.15, -0.1) is 0 Å². The number of amides is 2. The van der Waals surface area contributed by atoms with Crippen molar-refractivity contribution < 1.29 is 22.4 Å². The highest BCUT2D eigenvalue weighted by Crippen LogP contribution is 2.19. The predicted octanol–water partition coefficient (Wildman–Crippen LogP) is 2.92. The first-order valence-electron chi connectivity index (χ1n) is 10.4. The van der Waals surface area contributed by atoms with E-state index in [0.29, 0.717) is 0 Å². The fourth-order valence-electron chi connectivity index (χ4n) is 3.05. The Hall–Kier alpha value is -2.94. The molecule has 0 aromatic heterocycles. The van der Waals surface area contributed by atoms with Gasteiger partial charge in [0.1, 0.15) is 18.4 Å². The summed E-state index contributed by atoms with van der Waals surface area (Å²) in [4.78, 5) is 27.4. The van der Waals surface area contributed by atoms with Crippen LogP contribution in [0.3, 0.4) is 0 Å². The summed E-state index contributed by atoms with van der Waals surface area (Å²) >= 11 is 0. The average Bonchev–Trinajstić information content (AvgIpc) is 2.75. The van der Waals surface area contributed by atoms with E-state index in [4.69, 9.17) is 0 Å². The summed E-state index contributed by atoms with van der Waals surface area (Å²) in [6.07, 6.45) is 1.71. The fourth-order valence-corrected chi connectivity index (χ4v) is 3.90. The minimum atomic E-state index is -3.84. The van der Waals surface area contributed by atoms with Gasteiger partial charge in [0.25, 0.3) is 0 Å². The molecule has 0 saturated carbocycles. The summed E-state index contributed by atoms with van der Waals surface area (Å²) < 4.78 is 39.0. The number of sulfonamides is 1. The maximum Gasteiger partial charge on any atom is 0.244 e. The third-order valence-electron chi connectivity index (χ3n) is 5.16. The lowest BCUT2D eigenvalue weighted by molar-refractivity contribution is -0.139. The topological polar surface area (TPSA) is 86.8 Å². The quantitative estimate of drug-likeness (QED) is 0.587. The van der Waals surface area contributed by atoms with E-state index in [-0.39, 0.29) is 24.2 Å². The summed E-state index contributed by atoms with van der Waals surface area (Å²) in [5.74, 6) is -1.39. The molecule has 0 aliphatic heterocycles. The SMILES string of the molecule is CC[C@@H](C)NC(=O)[C@@H](C)N(Cc1ccccc1)C(=O)CN(c1ccc(F)cc1)S(C)(=O)=O. The zero-order valence-electron chi connectivity index (χ0n) is 18.8. The lowest BCUT2D eigenvalue weighted by Crippen LogP contribution is -2.52. The minimum absolute atomic E-state index is 0.0645. The highest BCUT2D eigenvalue weighted by Gasteiger charge is 2.30. The van der Waals surface area contributed by atoms with Crippen LogP contribution < -0.4 is 9.62 Å². The van der Waals surface area contributed by atoms with Gasteiger partial charge in [0.05, 0.1) is 11.9 Å². The molecule has 0 saturated heterocycles. The summed E-state index contributed by atoms with van der Waals surface area (Å²) in [6, 6.07) is 13.1. The standard InChI is InChI=1S/C23H30FN3O4S/c1-5-17(2)25-23(29)18(3)26(15-19-9-7-6-8-10-19)22(28)16-27(32(4,30)31)21-13-11-20(24)12-14-21/h6-14,17-18H,5,15-16H2,1-4H3,(H,25,29)/t17-,18-/m1/s1. The number of hydrogen-bond donors (Lipinski definition) is 1. The van der Waals surface area contributed by atoms with E-state index in [0.717, 1.165) is 34.7 Å². The molecule has 9 heteroatoms. The van der Waals surface area contributed by atoms with Crippen molar-refractivity contribution in [1.29, 1.82) is 0 Å². The number of carbonyl (C=O) groups excluding carboxylic acids is 2. The second-order valence-corrected chi connectivity index (χ2v) is 9.65. The lowest BCUT2D eigenvalue weighted by atomic mass is 10.1. The molecular formula is C23H30FN3O4S. The second kappa shape index (κ2) is 11.1. The molecule has 0 heterocycles. The van der Waals surface area contributed by atoms with Crippen LogP contribution in [0.15, 0.2) is 54.6 Å². The van der Waals surface area contributed by atoms with Gasteiger partial charge in [0, 0.05) is 12.6 Å². The first-order chi connectivity index (χ1) is 15.0. The van der Waals surface area contributed by atoms with Crippen molar-refractivity contribution in [2.75, 3.05) is 17.1 Å². The Balaban J connectivity index is 2.34. The number of carbonyl (C=O) groups is 2. The van der Waals surface area contributed by atoms with Gasteiger partial charge in [0.2, 0.25) is 21.8 Å². The third kappa shape index (κ3) is 7.05. The number of halogens is 1. The normalized spacial score (nSPS) is 13.2. The molecule has 32 heavy (non-hydrogen) atoms. The van der Waals surface area contributed by atoms with E-state index in [1.54, 1.807) is 6.92 Å². The van der Waals surface area contributed by atoms with Crippen LogP contribution in [-0.2, 0) is 26.2 Å².